The van der Waals surface area contributed by atoms with Gasteiger partial charge < -0.3 is 19.9 Å². The topological polar surface area (TPSA) is 112 Å². The number of carbonyl (C=O) groups is 1. The Labute approximate surface area is 215 Å². The van der Waals surface area contributed by atoms with E-state index in [0.29, 0.717) is 17.6 Å². The molecule has 0 spiro atoms. The van der Waals surface area contributed by atoms with E-state index >= 15 is 0 Å². The number of rotatable bonds is 7. The average molecular weight is 499 g/mol. The summed E-state index contributed by atoms with van der Waals surface area (Å²) in [6.45, 7) is 5.58. The van der Waals surface area contributed by atoms with E-state index in [4.69, 9.17) is 4.74 Å². The highest BCUT2D eigenvalue weighted by Gasteiger charge is 2.35. The zero-order valence-electron chi connectivity index (χ0n) is 21.0. The molecule has 4 heterocycles. The van der Waals surface area contributed by atoms with E-state index in [2.05, 4.69) is 54.2 Å². The predicted molar refractivity (Wildman–Crippen MR) is 140 cm³/mol. The van der Waals surface area contributed by atoms with Crippen molar-refractivity contribution in [2.24, 2.45) is 5.92 Å². The second kappa shape index (κ2) is 9.78. The van der Waals surface area contributed by atoms with Gasteiger partial charge in [-0.05, 0) is 49.6 Å². The lowest BCUT2D eigenvalue weighted by atomic mass is 10.1. The van der Waals surface area contributed by atoms with Crippen molar-refractivity contribution in [3.8, 4) is 17.0 Å². The molecule has 10 heteroatoms. The number of anilines is 2. The van der Waals surface area contributed by atoms with Crippen molar-refractivity contribution in [2.75, 3.05) is 38.6 Å². The zero-order chi connectivity index (χ0) is 25.4. The van der Waals surface area contributed by atoms with Gasteiger partial charge in [-0.2, -0.15) is 0 Å². The van der Waals surface area contributed by atoms with Crippen LogP contribution in [0, 0.1) is 5.92 Å². The summed E-state index contributed by atoms with van der Waals surface area (Å²) < 4.78 is 5.41. The van der Waals surface area contributed by atoms with Crippen molar-refractivity contribution in [3.05, 3.63) is 54.6 Å². The van der Waals surface area contributed by atoms with Gasteiger partial charge in [0.25, 0.3) is 0 Å². The van der Waals surface area contributed by atoms with E-state index in [1.807, 2.05) is 29.3 Å². The normalized spacial score (nSPS) is 17.1. The van der Waals surface area contributed by atoms with Crippen LogP contribution in [0.25, 0.3) is 22.3 Å². The molecule has 1 atom stereocenters. The standard InChI is InChI=1S/C27H30N8O2/c1-17(34-9-11-35(12-10-34)26(36)18-3-4-18)19-7-8-29-24(14-19)33-27-31-21-6-5-20(13-22(21)32-27)25-23(37-2)15-28-16-30-25/h5-8,13-18H,3-4,9-12H2,1-2H3,(H2,29,31,32,33). The third kappa shape index (κ3) is 4.84. The zero-order valence-corrected chi connectivity index (χ0v) is 21.0. The summed E-state index contributed by atoms with van der Waals surface area (Å²) in [6.07, 6.45) is 7.11. The summed E-state index contributed by atoms with van der Waals surface area (Å²) >= 11 is 0. The minimum absolute atomic E-state index is 0.225. The van der Waals surface area contributed by atoms with Crippen LogP contribution in [0.4, 0.5) is 11.8 Å². The van der Waals surface area contributed by atoms with Gasteiger partial charge in [0.15, 0.2) is 5.75 Å². The fraction of sp³-hybridized carbons (Fsp3) is 0.370. The van der Waals surface area contributed by atoms with E-state index in [9.17, 15) is 4.79 Å². The molecular formula is C27H30N8O2. The van der Waals surface area contributed by atoms with Crippen LogP contribution in [0.1, 0.15) is 31.4 Å². The molecule has 0 radical (unpaired) electrons. The van der Waals surface area contributed by atoms with Crippen molar-refractivity contribution >= 4 is 28.7 Å². The second-order valence-corrected chi connectivity index (χ2v) is 9.67. The molecule has 0 bridgehead atoms. The van der Waals surface area contributed by atoms with Gasteiger partial charge in [0, 0.05) is 49.9 Å². The van der Waals surface area contributed by atoms with E-state index in [0.717, 1.165) is 67.1 Å². The van der Waals surface area contributed by atoms with Gasteiger partial charge in [-0.15, -0.1) is 0 Å². The van der Waals surface area contributed by atoms with Crippen LogP contribution in [0.2, 0.25) is 0 Å². The first-order valence-corrected chi connectivity index (χ1v) is 12.7. The molecule has 1 amide bonds. The predicted octanol–water partition coefficient (Wildman–Crippen LogP) is 3.78. The van der Waals surface area contributed by atoms with Crippen LogP contribution in [0.3, 0.4) is 0 Å². The number of imidazole rings is 1. The van der Waals surface area contributed by atoms with Crippen LogP contribution in [0.15, 0.2) is 49.1 Å². The number of fused-ring (bicyclic) bond motifs is 1. The molecule has 4 aromatic rings. The lowest BCUT2D eigenvalue weighted by molar-refractivity contribution is -0.134. The Morgan fingerprint density at radius 3 is 2.76 bits per heavy atom. The molecule has 3 aromatic heterocycles. The third-order valence-corrected chi connectivity index (χ3v) is 7.27. The Hall–Kier alpha value is -4.05. The molecule has 190 valence electrons. The van der Waals surface area contributed by atoms with Crippen molar-refractivity contribution in [1.82, 2.24) is 34.7 Å². The molecule has 1 aliphatic heterocycles. The van der Waals surface area contributed by atoms with Gasteiger partial charge in [0.05, 0.1) is 24.3 Å². The van der Waals surface area contributed by atoms with Crippen LogP contribution < -0.4 is 10.1 Å². The van der Waals surface area contributed by atoms with E-state index in [1.54, 1.807) is 13.3 Å². The number of aromatic nitrogens is 5. The number of aromatic amines is 1. The fourth-order valence-corrected chi connectivity index (χ4v) is 4.92. The van der Waals surface area contributed by atoms with E-state index in [-0.39, 0.29) is 12.0 Å². The first kappa shape index (κ1) is 23.4. The van der Waals surface area contributed by atoms with Gasteiger partial charge in [0.2, 0.25) is 11.9 Å². The van der Waals surface area contributed by atoms with Crippen molar-refractivity contribution in [1.29, 1.82) is 0 Å². The van der Waals surface area contributed by atoms with Gasteiger partial charge >= 0.3 is 0 Å². The smallest absolute Gasteiger partial charge is 0.225 e. The van der Waals surface area contributed by atoms with Crippen molar-refractivity contribution in [2.45, 2.75) is 25.8 Å². The van der Waals surface area contributed by atoms with Crippen molar-refractivity contribution < 1.29 is 9.53 Å². The van der Waals surface area contributed by atoms with Crippen LogP contribution in [0.5, 0.6) is 5.75 Å². The summed E-state index contributed by atoms with van der Waals surface area (Å²) in [4.78, 5) is 37.8. The van der Waals surface area contributed by atoms with Gasteiger partial charge in [0.1, 0.15) is 17.8 Å². The van der Waals surface area contributed by atoms with Crippen molar-refractivity contribution in [3.63, 3.8) is 0 Å². The number of pyridine rings is 1. The first-order chi connectivity index (χ1) is 18.1. The maximum absolute atomic E-state index is 12.4. The number of ether oxygens (including phenoxy) is 1. The summed E-state index contributed by atoms with van der Waals surface area (Å²) in [5.74, 6) is 2.59. The lowest BCUT2D eigenvalue weighted by Crippen LogP contribution is -2.49. The Kier molecular flexibility index (Phi) is 6.17. The molecule has 2 N–H and O–H groups in total. The highest BCUT2D eigenvalue weighted by molar-refractivity contribution is 5.84. The number of nitrogens with zero attached hydrogens (tertiary/aromatic N) is 6. The minimum atomic E-state index is 0.225. The van der Waals surface area contributed by atoms with Crippen LogP contribution in [-0.2, 0) is 4.79 Å². The molecule has 10 nitrogen and oxygen atoms in total. The second-order valence-electron chi connectivity index (χ2n) is 9.67. The SMILES string of the molecule is COc1cncnc1-c1ccc2nc(Nc3cc(C(C)N4CCN(C(=O)C5CC5)CC4)ccn3)[nH]c2c1. The Bertz CT molecular complexity index is 1420. The monoisotopic (exact) mass is 498 g/mol. The number of hydrogen-bond acceptors (Lipinski definition) is 8. The number of carbonyl (C=O) groups excluding carboxylic acids is 1. The average Bonchev–Trinajstić information content (AvgIpc) is 3.72. The summed E-state index contributed by atoms with van der Waals surface area (Å²) in [5, 5.41) is 3.32. The highest BCUT2D eigenvalue weighted by Crippen LogP contribution is 2.32. The van der Waals surface area contributed by atoms with Gasteiger partial charge in [-0.1, -0.05) is 6.07 Å². The molecule has 37 heavy (non-hydrogen) atoms. The fourth-order valence-electron chi connectivity index (χ4n) is 4.92. The number of nitrogens with one attached hydrogen (secondary N) is 2. The van der Waals surface area contributed by atoms with Gasteiger partial charge in [-0.25, -0.2) is 19.9 Å². The van der Waals surface area contributed by atoms with E-state index < -0.39 is 0 Å². The Balaban J connectivity index is 1.15. The maximum atomic E-state index is 12.4. The lowest BCUT2D eigenvalue weighted by Gasteiger charge is -2.38. The quantitative estimate of drug-likeness (QED) is 0.396. The largest absolute Gasteiger partial charge is 0.493 e. The Morgan fingerprint density at radius 1 is 1.14 bits per heavy atom. The molecule has 1 unspecified atom stereocenters. The number of amides is 1. The van der Waals surface area contributed by atoms with Crippen LogP contribution >= 0.6 is 0 Å². The molecular weight excluding hydrogens is 468 g/mol. The number of hydrogen-bond donors (Lipinski definition) is 2. The molecule has 2 fully saturated rings. The summed E-state index contributed by atoms with van der Waals surface area (Å²) in [5.41, 5.74) is 4.53. The molecule has 1 saturated heterocycles. The summed E-state index contributed by atoms with van der Waals surface area (Å²) in [7, 11) is 1.61. The Morgan fingerprint density at radius 2 is 1.97 bits per heavy atom. The van der Waals surface area contributed by atoms with E-state index in [1.165, 1.54) is 11.9 Å². The molecule has 1 aromatic carbocycles. The molecule has 1 saturated carbocycles. The number of methoxy groups -OCH3 is 1. The number of piperazine rings is 1. The van der Waals surface area contributed by atoms with Crippen LogP contribution in [-0.4, -0.2) is 73.9 Å². The third-order valence-electron chi connectivity index (χ3n) is 7.27. The number of H-pyrrole nitrogens is 1. The maximum Gasteiger partial charge on any atom is 0.225 e. The first-order valence-electron chi connectivity index (χ1n) is 12.7. The summed E-state index contributed by atoms with van der Waals surface area (Å²) in [6, 6.07) is 10.3. The molecule has 6 rings (SSSR count). The van der Waals surface area contributed by atoms with Gasteiger partial charge in [-0.3, -0.25) is 9.69 Å². The highest BCUT2D eigenvalue weighted by atomic mass is 16.5. The number of benzene rings is 1. The minimum Gasteiger partial charge on any atom is -0.493 e. The molecule has 1 aliphatic carbocycles. The molecule has 2 aliphatic rings.